The molecule has 0 aromatic rings. The highest BCUT2D eigenvalue weighted by atomic mass is 16.5. The van der Waals surface area contributed by atoms with E-state index in [1.54, 1.807) is 6.08 Å². The first-order valence-corrected chi connectivity index (χ1v) is 4.95. The number of ether oxygens (including phenoxy) is 1. The predicted molar refractivity (Wildman–Crippen MR) is 55.4 cm³/mol. The SMILES string of the molecule is CCCCOCCNC/C=C/C(=O)O. The van der Waals surface area contributed by atoms with Gasteiger partial charge >= 0.3 is 5.97 Å². The van der Waals surface area contributed by atoms with Crippen LogP contribution in [0, 0.1) is 0 Å². The van der Waals surface area contributed by atoms with Gasteiger partial charge in [0.1, 0.15) is 0 Å². The lowest BCUT2D eigenvalue weighted by Crippen LogP contribution is -2.20. The van der Waals surface area contributed by atoms with Crippen molar-refractivity contribution in [3.63, 3.8) is 0 Å². The standard InChI is InChI=1S/C10H19NO3/c1-2-3-8-14-9-7-11-6-4-5-10(12)13/h4-5,11H,2-3,6-9H2,1H3,(H,12,13)/b5-4+. The number of aliphatic carboxylic acids is 1. The van der Waals surface area contributed by atoms with E-state index in [1.165, 1.54) is 0 Å². The van der Waals surface area contributed by atoms with Gasteiger partial charge < -0.3 is 15.2 Å². The predicted octanol–water partition coefficient (Wildman–Crippen LogP) is 1.03. The summed E-state index contributed by atoms with van der Waals surface area (Å²) in [6.45, 7) is 4.94. The van der Waals surface area contributed by atoms with Crippen molar-refractivity contribution in [1.29, 1.82) is 0 Å². The molecule has 0 aliphatic heterocycles. The summed E-state index contributed by atoms with van der Waals surface area (Å²) in [5.74, 6) is -0.911. The second-order valence-corrected chi connectivity index (χ2v) is 2.91. The Hall–Kier alpha value is -0.870. The maximum absolute atomic E-state index is 10.1. The van der Waals surface area contributed by atoms with Gasteiger partial charge in [0.2, 0.25) is 0 Å². The monoisotopic (exact) mass is 201 g/mol. The second-order valence-electron chi connectivity index (χ2n) is 2.91. The molecule has 0 rings (SSSR count). The number of hydrogen-bond donors (Lipinski definition) is 2. The quantitative estimate of drug-likeness (QED) is 0.432. The maximum Gasteiger partial charge on any atom is 0.328 e. The van der Waals surface area contributed by atoms with Crippen LogP contribution in [0.15, 0.2) is 12.2 Å². The molecule has 4 nitrogen and oxygen atoms in total. The van der Waals surface area contributed by atoms with Crippen molar-refractivity contribution in [3.8, 4) is 0 Å². The number of hydrogen-bond acceptors (Lipinski definition) is 3. The van der Waals surface area contributed by atoms with Gasteiger partial charge in [-0.15, -0.1) is 0 Å². The Morgan fingerprint density at radius 2 is 2.29 bits per heavy atom. The first kappa shape index (κ1) is 13.1. The van der Waals surface area contributed by atoms with Gasteiger partial charge in [0.05, 0.1) is 6.61 Å². The molecule has 0 aromatic carbocycles. The third-order valence-electron chi connectivity index (χ3n) is 1.59. The Balaban J connectivity index is 3.02. The molecule has 0 heterocycles. The van der Waals surface area contributed by atoms with Crippen LogP contribution >= 0.6 is 0 Å². The van der Waals surface area contributed by atoms with Crippen molar-refractivity contribution in [3.05, 3.63) is 12.2 Å². The van der Waals surface area contributed by atoms with Crippen LogP contribution in [0.4, 0.5) is 0 Å². The molecule has 0 aromatic heterocycles. The molecule has 14 heavy (non-hydrogen) atoms. The van der Waals surface area contributed by atoms with E-state index in [2.05, 4.69) is 12.2 Å². The van der Waals surface area contributed by atoms with Gasteiger partial charge in [0, 0.05) is 25.8 Å². The zero-order valence-electron chi connectivity index (χ0n) is 8.66. The first-order chi connectivity index (χ1) is 6.77. The molecular formula is C10H19NO3. The lowest BCUT2D eigenvalue weighted by atomic mass is 10.4. The van der Waals surface area contributed by atoms with E-state index in [0.29, 0.717) is 13.2 Å². The van der Waals surface area contributed by atoms with Gasteiger partial charge in [0.25, 0.3) is 0 Å². The smallest absolute Gasteiger partial charge is 0.328 e. The van der Waals surface area contributed by atoms with Crippen molar-refractivity contribution in [2.75, 3.05) is 26.3 Å². The first-order valence-electron chi connectivity index (χ1n) is 4.95. The minimum atomic E-state index is -0.911. The van der Waals surface area contributed by atoms with E-state index in [1.807, 2.05) is 0 Å². The molecule has 0 saturated heterocycles. The van der Waals surface area contributed by atoms with Crippen LogP contribution in [0.1, 0.15) is 19.8 Å². The zero-order valence-corrected chi connectivity index (χ0v) is 8.66. The highest BCUT2D eigenvalue weighted by Crippen LogP contribution is 1.86. The lowest BCUT2D eigenvalue weighted by Gasteiger charge is -2.02. The van der Waals surface area contributed by atoms with E-state index in [9.17, 15) is 4.79 Å². The van der Waals surface area contributed by atoms with Crippen LogP contribution in [0.3, 0.4) is 0 Å². The third kappa shape index (κ3) is 11.1. The average molecular weight is 201 g/mol. The Bertz CT molecular complexity index is 169. The fraction of sp³-hybridized carbons (Fsp3) is 0.700. The van der Waals surface area contributed by atoms with E-state index in [0.717, 1.165) is 32.1 Å². The summed E-state index contributed by atoms with van der Waals surface area (Å²) in [5, 5.41) is 11.3. The minimum Gasteiger partial charge on any atom is -0.478 e. The molecule has 0 unspecified atom stereocenters. The maximum atomic E-state index is 10.1. The van der Waals surface area contributed by atoms with Crippen LogP contribution < -0.4 is 5.32 Å². The van der Waals surface area contributed by atoms with Gasteiger partial charge in [-0.05, 0) is 6.42 Å². The number of rotatable bonds is 9. The number of carbonyl (C=O) groups is 1. The van der Waals surface area contributed by atoms with Gasteiger partial charge in [-0.2, -0.15) is 0 Å². The van der Waals surface area contributed by atoms with Crippen molar-refractivity contribution in [1.82, 2.24) is 5.32 Å². The Morgan fingerprint density at radius 1 is 1.50 bits per heavy atom. The van der Waals surface area contributed by atoms with E-state index >= 15 is 0 Å². The number of nitrogens with one attached hydrogen (secondary N) is 1. The molecule has 0 saturated carbocycles. The molecule has 82 valence electrons. The van der Waals surface area contributed by atoms with Gasteiger partial charge in [-0.25, -0.2) is 4.79 Å². The number of carboxylic acid groups (broad SMARTS) is 1. The summed E-state index contributed by atoms with van der Waals surface area (Å²) < 4.78 is 5.30. The van der Waals surface area contributed by atoms with E-state index < -0.39 is 5.97 Å². The molecular weight excluding hydrogens is 182 g/mol. The molecule has 0 radical (unpaired) electrons. The summed E-state index contributed by atoms with van der Waals surface area (Å²) in [4.78, 5) is 10.1. The molecule has 0 fully saturated rings. The Morgan fingerprint density at radius 3 is 2.93 bits per heavy atom. The van der Waals surface area contributed by atoms with Crippen molar-refractivity contribution >= 4 is 5.97 Å². The highest BCUT2D eigenvalue weighted by Gasteiger charge is 1.87. The summed E-state index contributed by atoms with van der Waals surface area (Å²) in [6, 6.07) is 0. The summed E-state index contributed by atoms with van der Waals surface area (Å²) in [7, 11) is 0. The average Bonchev–Trinajstić information content (AvgIpc) is 2.15. The normalized spacial score (nSPS) is 10.9. The summed E-state index contributed by atoms with van der Waals surface area (Å²) >= 11 is 0. The van der Waals surface area contributed by atoms with Crippen LogP contribution in [0.2, 0.25) is 0 Å². The molecule has 4 heteroatoms. The third-order valence-corrected chi connectivity index (χ3v) is 1.59. The second kappa shape index (κ2) is 10.2. The molecule has 2 N–H and O–H groups in total. The van der Waals surface area contributed by atoms with Crippen molar-refractivity contribution in [2.24, 2.45) is 0 Å². The fourth-order valence-electron chi connectivity index (χ4n) is 0.838. The van der Waals surface area contributed by atoms with Crippen molar-refractivity contribution < 1.29 is 14.6 Å². The fourth-order valence-corrected chi connectivity index (χ4v) is 0.838. The summed E-state index contributed by atoms with van der Waals surface area (Å²) in [6.07, 6.45) is 4.95. The van der Waals surface area contributed by atoms with Gasteiger partial charge in [0.15, 0.2) is 0 Å². The van der Waals surface area contributed by atoms with E-state index in [4.69, 9.17) is 9.84 Å². The Labute approximate surface area is 85.0 Å². The number of unbranched alkanes of at least 4 members (excludes halogenated alkanes) is 1. The van der Waals surface area contributed by atoms with E-state index in [-0.39, 0.29) is 0 Å². The molecule has 0 spiro atoms. The lowest BCUT2D eigenvalue weighted by molar-refractivity contribution is -0.131. The van der Waals surface area contributed by atoms with Crippen LogP contribution in [-0.4, -0.2) is 37.4 Å². The largest absolute Gasteiger partial charge is 0.478 e. The van der Waals surface area contributed by atoms with Crippen LogP contribution in [-0.2, 0) is 9.53 Å². The van der Waals surface area contributed by atoms with Crippen LogP contribution in [0.5, 0.6) is 0 Å². The zero-order chi connectivity index (χ0) is 10.6. The summed E-state index contributed by atoms with van der Waals surface area (Å²) in [5.41, 5.74) is 0. The Kier molecular flexibility index (Phi) is 9.58. The van der Waals surface area contributed by atoms with Crippen LogP contribution in [0.25, 0.3) is 0 Å². The molecule has 0 aliphatic carbocycles. The topological polar surface area (TPSA) is 58.6 Å². The van der Waals surface area contributed by atoms with Gasteiger partial charge in [-0.1, -0.05) is 19.4 Å². The highest BCUT2D eigenvalue weighted by molar-refractivity contribution is 5.79. The number of carboxylic acids is 1. The molecule has 0 amide bonds. The minimum absolute atomic E-state index is 0.573. The van der Waals surface area contributed by atoms with Gasteiger partial charge in [-0.3, -0.25) is 0 Å². The molecule has 0 atom stereocenters. The van der Waals surface area contributed by atoms with Crippen molar-refractivity contribution in [2.45, 2.75) is 19.8 Å². The molecule has 0 aliphatic rings. The molecule has 0 bridgehead atoms.